The van der Waals surface area contributed by atoms with E-state index in [0.717, 1.165) is 6.07 Å². The molecule has 1 aromatic carbocycles. The van der Waals surface area contributed by atoms with Crippen molar-refractivity contribution < 1.29 is 13.4 Å². The molecule has 1 rings (SSSR count). The van der Waals surface area contributed by atoms with Crippen molar-refractivity contribution in [3.05, 3.63) is 24.0 Å². The second-order valence-electron chi connectivity index (χ2n) is 5.55. The van der Waals surface area contributed by atoms with Gasteiger partial charge in [0.15, 0.2) is 0 Å². The number of carbonyl (C=O) groups is 1. The van der Waals surface area contributed by atoms with Gasteiger partial charge in [-0.1, -0.05) is 0 Å². The number of benzene rings is 1. The van der Waals surface area contributed by atoms with Crippen LogP contribution in [0.1, 0.15) is 33.6 Å². The van der Waals surface area contributed by atoms with Crippen LogP contribution < -0.4 is 11.1 Å². The van der Waals surface area contributed by atoms with Gasteiger partial charge in [0, 0.05) is 27.7 Å². The zero-order valence-electron chi connectivity index (χ0n) is 12.0. The quantitative estimate of drug-likeness (QED) is 0.821. The molecule has 0 aliphatic rings. The van der Waals surface area contributed by atoms with Crippen LogP contribution >= 0.6 is 0 Å². The molecule has 6 heteroatoms. The average Bonchev–Trinajstić information content (AvgIpc) is 2.31. The summed E-state index contributed by atoms with van der Waals surface area (Å²) in [6, 6.07) is 3.82. The van der Waals surface area contributed by atoms with Gasteiger partial charge in [0.1, 0.15) is 5.82 Å². The van der Waals surface area contributed by atoms with Gasteiger partial charge in [0.05, 0.1) is 11.4 Å². The molecule has 20 heavy (non-hydrogen) atoms. The summed E-state index contributed by atoms with van der Waals surface area (Å²) in [6.45, 7) is 5.72. The molecule has 0 aliphatic carbocycles. The largest absolute Gasteiger partial charge is 0.397 e. The number of amides is 1. The summed E-state index contributed by atoms with van der Waals surface area (Å²) in [6.07, 6.45) is 0.801. The lowest BCUT2D eigenvalue weighted by Gasteiger charge is -2.17. The third-order valence-corrected chi connectivity index (χ3v) is 4.73. The van der Waals surface area contributed by atoms with Gasteiger partial charge in [-0.3, -0.25) is 9.00 Å². The third kappa shape index (κ3) is 5.28. The maximum absolute atomic E-state index is 12.9. The minimum absolute atomic E-state index is 0.191. The molecular formula is C14H21FN2O2S. The first-order valence-corrected chi connectivity index (χ1v) is 7.75. The molecule has 1 amide bonds. The average molecular weight is 300 g/mol. The van der Waals surface area contributed by atoms with Gasteiger partial charge in [0.2, 0.25) is 5.91 Å². The van der Waals surface area contributed by atoms with Crippen LogP contribution in [-0.4, -0.2) is 20.6 Å². The molecule has 3 N–H and O–H groups in total. The van der Waals surface area contributed by atoms with Crippen LogP contribution in [0.15, 0.2) is 18.2 Å². The van der Waals surface area contributed by atoms with Crippen LogP contribution in [0, 0.1) is 5.82 Å². The Morgan fingerprint density at radius 2 is 2.05 bits per heavy atom. The molecule has 4 nitrogen and oxygen atoms in total. The predicted octanol–water partition coefficient (Wildman–Crippen LogP) is 2.67. The van der Waals surface area contributed by atoms with Crippen molar-refractivity contribution in [3.8, 4) is 0 Å². The highest BCUT2D eigenvalue weighted by atomic mass is 32.2. The van der Waals surface area contributed by atoms with E-state index >= 15 is 0 Å². The van der Waals surface area contributed by atoms with Crippen molar-refractivity contribution >= 4 is 28.1 Å². The highest BCUT2D eigenvalue weighted by Crippen LogP contribution is 2.19. The van der Waals surface area contributed by atoms with Gasteiger partial charge < -0.3 is 11.1 Å². The van der Waals surface area contributed by atoms with E-state index in [-0.39, 0.29) is 22.8 Å². The Hall–Kier alpha value is -1.43. The summed E-state index contributed by atoms with van der Waals surface area (Å²) in [4.78, 5) is 11.7. The Bertz CT molecular complexity index is 512. The summed E-state index contributed by atoms with van der Waals surface area (Å²) in [5.74, 6) is -0.175. The van der Waals surface area contributed by atoms with Crippen LogP contribution in [0.2, 0.25) is 0 Å². The highest BCUT2D eigenvalue weighted by molar-refractivity contribution is 7.86. The summed E-state index contributed by atoms with van der Waals surface area (Å²) in [5, 5.41) is 2.62. The summed E-state index contributed by atoms with van der Waals surface area (Å²) >= 11 is 0. The van der Waals surface area contributed by atoms with E-state index in [1.165, 1.54) is 12.1 Å². The first kappa shape index (κ1) is 16.6. The van der Waals surface area contributed by atoms with E-state index < -0.39 is 16.6 Å². The number of nitrogens with one attached hydrogen (secondary N) is 1. The SMILES string of the molecule is CC(C)(C)S(=O)CCCC(=O)Nc1ccc(F)cc1N. The third-order valence-electron chi connectivity index (χ3n) is 2.70. The Morgan fingerprint density at radius 1 is 1.40 bits per heavy atom. The van der Waals surface area contributed by atoms with Crippen LogP contribution in [0.5, 0.6) is 0 Å². The fourth-order valence-corrected chi connectivity index (χ4v) is 2.55. The molecule has 0 radical (unpaired) electrons. The second kappa shape index (κ2) is 6.83. The maximum Gasteiger partial charge on any atom is 0.224 e. The predicted molar refractivity (Wildman–Crippen MR) is 81.4 cm³/mol. The fraction of sp³-hybridized carbons (Fsp3) is 0.500. The summed E-state index contributed by atoms with van der Waals surface area (Å²) < 4.78 is 24.4. The summed E-state index contributed by atoms with van der Waals surface area (Å²) in [5.41, 5.74) is 6.19. The molecule has 1 aromatic rings. The van der Waals surface area contributed by atoms with Crippen LogP contribution in [0.3, 0.4) is 0 Å². The fourth-order valence-electron chi connectivity index (χ4n) is 1.53. The molecular weight excluding hydrogens is 279 g/mol. The van der Waals surface area contributed by atoms with Crippen molar-refractivity contribution in [2.24, 2.45) is 0 Å². The lowest BCUT2D eigenvalue weighted by atomic mass is 10.2. The number of halogens is 1. The molecule has 0 bridgehead atoms. The molecule has 0 spiro atoms. The van der Waals surface area contributed by atoms with Crippen molar-refractivity contribution in [1.82, 2.24) is 0 Å². The van der Waals surface area contributed by atoms with Gasteiger partial charge in [0.25, 0.3) is 0 Å². The number of anilines is 2. The lowest BCUT2D eigenvalue weighted by molar-refractivity contribution is -0.116. The molecule has 1 unspecified atom stereocenters. The van der Waals surface area contributed by atoms with Gasteiger partial charge >= 0.3 is 0 Å². The normalized spacial score (nSPS) is 13.0. The smallest absolute Gasteiger partial charge is 0.224 e. The molecule has 112 valence electrons. The monoisotopic (exact) mass is 300 g/mol. The number of rotatable bonds is 5. The zero-order valence-corrected chi connectivity index (χ0v) is 12.8. The maximum atomic E-state index is 12.9. The van der Waals surface area contributed by atoms with Gasteiger partial charge in [-0.05, 0) is 45.4 Å². The Labute approximate surface area is 121 Å². The number of nitrogens with two attached hydrogens (primary N) is 1. The van der Waals surface area contributed by atoms with Gasteiger partial charge in [-0.15, -0.1) is 0 Å². The van der Waals surface area contributed by atoms with Crippen molar-refractivity contribution in [3.63, 3.8) is 0 Å². The van der Waals surface area contributed by atoms with E-state index in [9.17, 15) is 13.4 Å². The van der Waals surface area contributed by atoms with E-state index in [0.29, 0.717) is 17.9 Å². The Morgan fingerprint density at radius 3 is 2.60 bits per heavy atom. The summed E-state index contributed by atoms with van der Waals surface area (Å²) in [7, 11) is -0.962. The van der Waals surface area contributed by atoms with Gasteiger partial charge in [-0.2, -0.15) is 0 Å². The van der Waals surface area contributed by atoms with Crippen molar-refractivity contribution in [2.45, 2.75) is 38.4 Å². The highest BCUT2D eigenvalue weighted by Gasteiger charge is 2.19. The molecule has 0 fully saturated rings. The van der Waals surface area contributed by atoms with E-state index in [4.69, 9.17) is 5.73 Å². The van der Waals surface area contributed by atoms with Crippen LogP contribution in [0.4, 0.5) is 15.8 Å². The van der Waals surface area contributed by atoms with Crippen molar-refractivity contribution in [1.29, 1.82) is 0 Å². The van der Waals surface area contributed by atoms with Crippen LogP contribution in [-0.2, 0) is 15.6 Å². The Balaban J connectivity index is 2.43. The topological polar surface area (TPSA) is 72.2 Å². The zero-order chi connectivity index (χ0) is 15.3. The molecule has 1 atom stereocenters. The number of hydrogen-bond acceptors (Lipinski definition) is 3. The second-order valence-corrected chi connectivity index (χ2v) is 7.87. The standard InChI is InChI=1S/C14H21FN2O2S/c1-14(2,3)20(19)8-4-5-13(18)17-12-7-6-10(15)9-11(12)16/h6-7,9H,4-5,8,16H2,1-3H3,(H,17,18). The molecule has 0 saturated heterocycles. The van der Waals surface area contributed by atoms with E-state index in [1.54, 1.807) is 0 Å². The molecule has 0 heterocycles. The van der Waals surface area contributed by atoms with Crippen molar-refractivity contribution in [2.75, 3.05) is 16.8 Å². The minimum atomic E-state index is -0.962. The lowest BCUT2D eigenvalue weighted by Crippen LogP contribution is -2.24. The van der Waals surface area contributed by atoms with E-state index in [1.807, 2.05) is 20.8 Å². The molecule has 0 saturated carbocycles. The number of hydrogen-bond donors (Lipinski definition) is 2. The first-order valence-electron chi connectivity index (χ1n) is 6.43. The first-order chi connectivity index (χ1) is 9.20. The minimum Gasteiger partial charge on any atom is -0.397 e. The molecule has 0 aliphatic heterocycles. The Kier molecular flexibility index (Phi) is 5.68. The number of nitrogen functional groups attached to an aromatic ring is 1. The van der Waals surface area contributed by atoms with Gasteiger partial charge in [-0.25, -0.2) is 4.39 Å². The van der Waals surface area contributed by atoms with Crippen LogP contribution in [0.25, 0.3) is 0 Å². The van der Waals surface area contributed by atoms with E-state index in [2.05, 4.69) is 5.32 Å². The number of carbonyl (C=O) groups excluding carboxylic acids is 1. The molecule has 0 aromatic heterocycles.